The van der Waals surface area contributed by atoms with Crippen molar-refractivity contribution in [2.24, 2.45) is 7.05 Å². The highest BCUT2D eigenvalue weighted by Gasteiger charge is 2.25. The Labute approximate surface area is 215 Å². The number of nitrogens with zero attached hydrogens (tertiary/aromatic N) is 7. The molecule has 0 aliphatic carbocycles. The summed E-state index contributed by atoms with van der Waals surface area (Å²) in [6.07, 6.45) is 5.76. The van der Waals surface area contributed by atoms with Crippen LogP contribution in [0.2, 0.25) is 0 Å². The molecule has 0 fully saturated rings. The van der Waals surface area contributed by atoms with Crippen LogP contribution in [0.15, 0.2) is 12.3 Å². The fourth-order valence-electron chi connectivity index (χ4n) is 4.65. The smallest absolute Gasteiger partial charge is 0.240 e. The summed E-state index contributed by atoms with van der Waals surface area (Å²) >= 11 is 0. The third-order valence-corrected chi connectivity index (χ3v) is 6.90. The van der Waals surface area contributed by atoms with E-state index < -0.39 is 0 Å². The van der Waals surface area contributed by atoms with E-state index in [0.29, 0.717) is 31.5 Å². The monoisotopic (exact) mass is 506 g/mol. The van der Waals surface area contributed by atoms with E-state index in [0.717, 1.165) is 44.8 Å². The first-order valence-corrected chi connectivity index (χ1v) is 12.6. The van der Waals surface area contributed by atoms with Gasteiger partial charge in [-0.1, -0.05) is 0 Å². The summed E-state index contributed by atoms with van der Waals surface area (Å²) in [5, 5.41) is 27.8. The molecule has 4 aromatic rings. The molecule has 11 heteroatoms. The molecule has 1 aliphatic rings. The molecule has 0 saturated heterocycles. The van der Waals surface area contributed by atoms with Crippen LogP contribution in [0.4, 0.5) is 0 Å². The first-order chi connectivity index (χ1) is 17.8. The van der Waals surface area contributed by atoms with Gasteiger partial charge in [-0.2, -0.15) is 10.2 Å². The predicted octanol–water partition coefficient (Wildman–Crippen LogP) is 3.20. The lowest BCUT2D eigenvalue weighted by molar-refractivity contribution is 0.154. The highest BCUT2D eigenvalue weighted by molar-refractivity contribution is 5.92. The lowest BCUT2D eigenvalue weighted by Gasteiger charge is -2.26. The summed E-state index contributed by atoms with van der Waals surface area (Å²) in [5.74, 6) is 1.21. The highest BCUT2D eigenvalue weighted by Crippen LogP contribution is 2.35. The van der Waals surface area contributed by atoms with Crippen LogP contribution >= 0.6 is 0 Å². The van der Waals surface area contributed by atoms with Crippen LogP contribution in [-0.2, 0) is 13.6 Å². The number of likely N-dealkylation sites (N-methyl/N-ethyl adjacent to an activating group) is 1. The first kappa shape index (κ1) is 25.0. The van der Waals surface area contributed by atoms with E-state index in [9.17, 15) is 5.11 Å². The molecular formula is C26H34N8O3. The molecule has 37 heavy (non-hydrogen) atoms. The van der Waals surface area contributed by atoms with Crippen molar-refractivity contribution in [3.8, 4) is 23.0 Å². The lowest BCUT2D eigenvalue weighted by atomic mass is 10.1. The Morgan fingerprint density at radius 3 is 2.84 bits per heavy atom. The van der Waals surface area contributed by atoms with Crippen molar-refractivity contribution in [3.63, 3.8) is 0 Å². The molecule has 196 valence electrons. The molecule has 2 N–H and O–H groups in total. The Morgan fingerprint density at radius 2 is 2.08 bits per heavy atom. The van der Waals surface area contributed by atoms with Crippen molar-refractivity contribution in [1.82, 2.24) is 39.6 Å². The van der Waals surface area contributed by atoms with Gasteiger partial charge in [0.05, 0.1) is 64.9 Å². The Bertz CT molecular complexity index is 1450. The van der Waals surface area contributed by atoms with Crippen molar-refractivity contribution in [2.75, 3.05) is 26.9 Å². The molecule has 0 saturated carbocycles. The van der Waals surface area contributed by atoms with Gasteiger partial charge in [-0.05, 0) is 53.0 Å². The van der Waals surface area contributed by atoms with Gasteiger partial charge in [0.25, 0.3) is 0 Å². The molecule has 0 radical (unpaired) electrons. The number of rotatable bonds is 4. The average molecular weight is 507 g/mol. The zero-order valence-corrected chi connectivity index (χ0v) is 22.2. The number of aliphatic hydroxyl groups is 1. The topological polar surface area (TPSA) is 119 Å². The molecule has 0 amide bonds. The van der Waals surface area contributed by atoms with Crippen molar-refractivity contribution < 1.29 is 14.6 Å². The highest BCUT2D eigenvalue weighted by atomic mass is 16.5. The first-order valence-electron chi connectivity index (χ1n) is 12.6. The van der Waals surface area contributed by atoms with E-state index in [1.54, 1.807) is 10.9 Å². The number of aryl methyl sites for hydroxylation is 2. The maximum absolute atomic E-state index is 9.95. The van der Waals surface area contributed by atoms with E-state index in [1.165, 1.54) is 0 Å². The number of aromatic nitrogens is 7. The largest absolute Gasteiger partial charge is 0.476 e. The van der Waals surface area contributed by atoms with E-state index in [-0.39, 0.29) is 18.7 Å². The molecule has 2 atom stereocenters. The maximum atomic E-state index is 9.95. The Kier molecular flexibility index (Phi) is 6.74. The van der Waals surface area contributed by atoms with E-state index in [4.69, 9.17) is 19.6 Å². The summed E-state index contributed by atoms with van der Waals surface area (Å²) in [7, 11) is 3.94. The Balaban J connectivity index is 1.72. The number of aromatic amines is 1. The molecule has 5 heterocycles. The number of aliphatic hydroxyl groups excluding tert-OH is 1. The third kappa shape index (κ3) is 4.49. The molecule has 1 aliphatic heterocycles. The SMILES string of the molecule is CCOc1nn(C(C)CO)c2c1/C=C/c1n[nH]c3cnc(cc13)-c1c(C)nn(C)c1OCC(C)N(C)C2. The zero-order valence-electron chi connectivity index (χ0n) is 22.2. The van der Waals surface area contributed by atoms with E-state index in [2.05, 4.69) is 34.2 Å². The molecule has 11 nitrogen and oxygen atoms in total. The van der Waals surface area contributed by atoms with Gasteiger partial charge in [-0.3, -0.25) is 19.7 Å². The maximum Gasteiger partial charge on any atom is 0.240 e. The molecule has 0 spiro atoms. The van der Waals surface area contributed by atoms with Gasteiger partial charge in [0.1, 0.15) is 6.61 Å². The van der Waals surface area contributed by atoms with Gasteiger partial charge < -0.3 is 14.6 Å². The molecule has 0 aromatic carbocycles. The minimum Gasteiger partial charge on any atom is -0.476 e. The van der Waals surface area contributed by atoms with Gasteiger partial charge in [0, 0.05) is 25.0 Å². The van der Waals surface area contributed by atoms with Gasteiger partial charge >= 0.3 is 0 Å². The summed E-state index contributed by atoms with van der Waals surface area (Å²) in [5.41, 5.74) is 5.92. The van der Waals surface area contributed by atoms with Crippen LogP contribution in [0.1, 0.15) is 49.5 Å². The summed E-state index contributed by atoms with van der Waals surface area (Å²) in [6, 6.07) is 1.88. The minimum absolute atomic E-state index is 0.0336. The van der Waals surface area contributed by atoms with Gasteiger partial charge in [0.2, 0.25) is 11.8 Å². The molecular weight excluding hydrogens is 472 g/mol. The van der Waals surface area contributed by atoms with Crippen molar-refractivity contribution in [1.29, 1.82) is 0 Å². The van der Waals surface area contributed by atoms with E-state index >= 15 is 0 Å². The number of fused-ring (bicyclic) bond motifs is 4. The molecule has 5 rings (SSSR count). The normalized spacial score (nSPS) is 18.1. The second-order valence-electron chi connectivity index (χ2n) is 9.60. The summed E-state index contributed by atoms with van der Waals surface area (Å²) < 4.78 is 15.9. The number of pyridine rings is 1. The Hall–Kier alpha value is -3.70. The van der Waals surface area contributed by atoms with E-state index in [1.807, 2.05) is 50.7 Å². The molecule has 2 unspecified atom stereocenters. The van der Waals surface area contributed by atoms with Gasteiger partial charge in [-0.25, -0.2) is 4.68 Å². The standard InChI is InChI=1S/C26H34N8O3/c1-7-36-25-18-8-9-20-19-10-21(27-11-22(19)29-28-20)24-17(4)30-33(6)26(24)37-14-16(3)32(5)12-23(18)34(31-25)15(2)13-35/h8-11,15-16,35H,7,12-14H2,1-6H3,(H,28,29)/b9-8+. The van der Waals surface area contributed by atoms with Crippen LogP contribution in [0.25, 0.3) is 34.3 Å². The zero-order chi connectivity index (χ0) is 26.3. The summed E-state index contributed by atoms with van der Waals surface area (Å²) in [6.45, 7) is 9.45. The van der Waals surface area contributed by atoms with Gasteiger partial charge in [-0.15, -0.1) is 5.10 Å². The minimum atomic E-state index is -0.210. The third-order valence-electron chi connectivity index (χ3n) is 6.90. The Morgan fingerprint density at radius 1 is 1.27 bits per heavy atom. The van der Waals surface area contributed by atoms with Crippen molar-refractivity contribution in [3.05, 3.63) is 34.9 Å². The van der Waals surface area contributed by atoms with Crippen LogP contribution in [-0.4, -0.2) is 77.7 Å². The van der Waals surface area contributed by atoms with Crippen LogP contribution in [0.3, 0.4) is 0 Å². The van der Waals surface area contributed by atoms with Crippen LogP contribution < -0.4 is 9.47 Å². The number of hydrogen-bond donors (Lipinski definition) is 2. The molecule has 2 bridgehead atoms. The second-order valence-corrected chi connectivity index (χ2v) is 9.60. The summed E-state index contributed by atoms with van der Waals surface area (Å²) in [4.78, 5) is 6.90. The second kappa shape index (κ2) is 9.98. The van der Waals surface area contributed by atoms with Crippen molar-refractivity contribution >= 4 is 23.1 Å². The number of H-pyrrole nitrogens is 1. The molecule has 4 aromatic heterocycles. The van der Waals surface area contributed by atoms with Gasteiger partial charge in [0.15, 0.2) is 0 Å². The fourth-order valence-corrected chi connectivity index (χ4v) is 4.65. The average Bonchev–Trinajstić information content (AvgIpc) is 3.53. The number of hydrogen-bond acceptors (Lipinski definition) is 8. The quantitative estimate of drug-likeness (QED) is 0.433. The van der Waals surface area contributed by atoms with Crippen LogP contribution in [0.5, 0.6) is 11.8 Å². The number of nitrogens with one attached hydrogen (secondary N) is 1. The predicted molar refractivity (Wildman–Crippen MR) is 141 cm³/mol. The number of ether oxygens (including phenoxy) is 2. The fraction of sp³-hybridized carbons (Fsp3) is 0.462. The van der Waals surface area contributed by atoms with Crippen molar-refractivity contribution in [2.45, 2.75) is 46.3 Å². The van der Waals surface area contributed by atoms with Crippen LogP contribution in [0, 0.1) is 6.92 Å². The lowest BCUT2D eigenvalue weighted by Crippen LogP contribution is -2.35.